The van der Waals surface area contributed by atoms with Gasteiger partial charge in [0.2, 0.25) is 6.41 Å². The minimum Gasteiger partial charge on any atom is -0.355 e. The SMILES string of the molecule is C1CCNC1.CC.CCCNCc1ncc(-c2ccc(-c3ccc(CNC=O)cc3)cc2)[nH]1. The van der Waals surface area contributed by atoms with Gasteiger partial charge in [-0.3, -0.25) is 4.79 Å². The van der Waals surface area contributed by atoms with E-state index in [1.165, 1.54) is 25.9 Å². The van der Waals surface area contributed by atoms with Gasteiger partial charge in [-0.2, -0.15) is 0 Å². The number of nitrogens with zero attached hydrogens (tertiary/aromatic N) is 1. The largest absolute Gasteiger partial charge is 0.355 e. The lowest BCUT2D eigenvalue weighted by Crippen LogP contribution is -2.14. The molecule has 4 N–H and O–H groups in total. The molecule has 6 heteroatoms. The lowest BCUT2D eigenvalue weighted by atomic mass is 10.0. The number of benzene rings is 2. The highest BCUT2D eigenvalue weighted by Gasteiger charge is 2.04. The summed E-state index contributed by atoms with van der Waals surface area (Å²) in [6, 6.07) is 16.7. The maximum Gasteiger partial charge on any atom is 0.207 e. The second-order valence-corrected chi connectivity index (χ2v) is 7.65. The van der Waals surface area contributed by atoms with Crippen molar-refractivity contribution in [1.82, 2.24) is 25.9 Å². The maximum atomic E-state index is 10.4. The molecular weight excluding hydrogens is 410 g/mol. The molecule has 0 aliphatic carbocycles. The van der Waals surface area contributed by atoms with E-state index in [1.54, 1.807) is 0 Å². The minimum atomic E-state index is 0.554. The van der Waals surface area contributed by atoms with E-state index in [-0.39, 0.29) is 0 Å². The first-order valence-corrected chi connectivity index (χ1v) is 12.1. The van der Waals surface area contributed by atoms with Gasteiger partial charge in [0.25, 0.3) is 0 Å². The Labute approximate surface area is 198 Å². The molecule has 0 atom stereocenters. The van der Waals surface area contributed by atoms with Gasteiger partial charge in [0.15, 0.2) is 0 Å². The molecule has 1 saturated heterocycles. The number of aromatic nitrogens is 2. The second-order valence-electron chi connectivity index (χ2n) is 7.65. The second kappa shape index (κ2) is 15.8. The quantitative estimate of drug-likeness (QED) is 0.277. The van der Waals surface area contributed by atoms with Gasteiger partial charge in [-0.25, -0.2) is 4.98 Å². The van der Waals surface area contributed by atoms with Crippen molar-refractivity contribution in [3.8, 4) is 22.4 Å². The number of hydrogen-bond donors (Lipinski definition) is 4. The summed E-state index contributed by atoms with van der Waals surface area (Å²) in [4.78, 5) is 18.2. The van der Waals surface area contributed by atoms with E-state index in [9.17, 15) is 4.79 Å². The summed E-state index contributed by atoms with van der Waals surface area (Å²) in [5.74, 6) is 0.956. The monoisotopic (exact) mass is 449 g/mol. The van der Waals surface area contributed by atoms with E-state index in [0.717, 1.165) is 53.3 Å². The van der Waals surface area contributed by atoms with Crippen LogP contribution in [0.5, 0.6) is 0 Å². The van der Waals surface area contributed by atoms with Crippen LogP contribution in [-0.4, -0.2) is 36.0 Å². The normalized spacial score (nSPS) is 12.2. The molecule has 0 saturated carbocycles. The summed E-state index contributed by atoms with van der Waals surface area (Å²) in [5, 5.41) is 9.24. The number of carbonyl (C=O) groups is 1. The zero-order chi connectivity index (χ0) is 23.7. The molecule has 0 unspecified atom stereocenters. The molecule has 2 aromatic carbocycles. The van der Waals surface area contributed by atoms with Crippen molar-refractivity contribution in [2.75, 3.05) is 19.6 Å². The molecule has 1 aliphatic rings. The number of aromatic amines is 1. The topological polar surface area (TPSA) is 81.8 Å². The van der Waals surface area contributed by atoms with Gasteiger partial charge < -0.3 is 20.9 Å². The third-order valence-corrected chi connectivity index (χ3v) is 5.18. The van der Waals surface area contributed by atoms with Gasteiger partial charge in [0.05, 0.1) is 18.4 Å². The fraction of sp³-hybridized carbons (Fsp3) is 0.407. The van der Waals surface area contributed by atoms with Crippen LogP contribution in [-0.2, 0) is 17.9 Å². The first-order valence-electron chi connectivity index (χ1n) is 12.1. The van der Waals surface area contributed by atoms with Crippen LogP contribution in [0.4, 0.5) is 0 Å². The summed E-state index contributed by atoms with van der Waals surface area (Å²) in [7, 11) is 0. The van der Waals surface area contributed by atoms with Crippen molar-refractivity contribution in [3.63, 3.8) is 0 Å². The molecule has 33 heavy (non-hydrogen) atoms. The average molecular weight is 450 g/mol. The van der Waals surface area contributed by atoms with Crippen molar-refractivity contribution >= 4 is 6.41 Å². The van der Waals surface area contributed by atoms with Crippen molar-refractivity contribution in [2.24, 2.45) is 0 Å². The van der Waals surface area contributed by atoms with Crippen molar-refractivity contribution in [2.45, 2.75) is 53.1 Å². The zero-order valence-electron chi connectivity index (χ0n) is 20.3. The fourth-order valence-corrected chi connectivity index (χ4v) is 3.42. The predicted molar refractivity (Wildman–Crippen MR) is 138 cm³/mol. The van der Waals surface area contributed by atoms with Crippen molar-refractivity contribution in [1.29, 1.82) is 0 Å². The maximum absolute atomic E-state index is 10.4. The highest BCUT2D eigenvalue weighted by Crippen LogP contribution is 2.24. The summed E-state index contributed by atoms with van der Waals surface area (Å²) >= 11 is 0. The molecule has 0 bridgehead atoms. The number of nitrogens with one attached hydrogen (secondary N) is 4. The van der Waals surface area contributed by atoms with Gasteiger partial charge >= 0.3 is 0 Å². The van der Waals surface area contributed by atoms with Gasteiger partial charge in [-0.15, -0.1) is 0 Å². The van der Waals surface area contributed by atoms with Gasteiger partial charge in [0.1, 0.15) is 5.82 Å². The summed E-state index contributed by atoms with van der Waals surface area (Å²) < 4.78 is 0. The Morgan fingerprint density at radius 1 is 0.909 bits per heavy atom. The Balaban J connectivity index is 0.000000477. The number of carbonyl (C=O) groups excluding carboxylic acids is 1. The van der Waals surface area contributed by atoms with Crippen LogP contribution >= 0.6 is 0 Å². The first kappa shape index (κ1) is 26.3. The van der Waals surface area contributed by atoms with Crippen LogP contribution in [0.1, 0.15) is 51.4 Å². The van der Waals surface area contributed by atoms with Crippen molar-refractivity contribution < 1.29 is 4.79 Å². The highest BCUT2D eigenvalue weighted by molar-refractivity contribution is 5.68. The first-order chi connectivity index (χ1) is 16.3. The Morgan fingerprint density at radius 2 is 1.52 bits per heavy atom. The third-order valence-electron chi connectivity index (χ3n) is 5.18. The molecule has 1 amide bonds. The Hall–Kier alpha value is -2.96. The fourth-order valence-electron chi connectivity index (χ4n) is 3.42. The van der Waals surface area contributed by atoms with E-state index >= 15 is 0 Å². The van der Waals surface area contributed by atoms with Crippen LogP contribution in [0.15, 0.2) is 54.7 Å². The van der Waals surface area contributed by atoms with Gasteiger partial charge in [-0.05, 0) is 61.2 Å². The standard InChI is InChI=1S/C21H24N4O.C4H9N.C2H6/c1-2-11-22-14-21-24-13-20(25-21)19-9-7-18(8-10-19)17-5-3-16(4-6-17)12-23-15-26;1-2-4-5-3-1;1-2/h3-10,13,15,22H,2,11-12,14H2,1H3,(H,23,26)(H,24,25);5H,1-4H2;1-2H3. The van der Waals surface area contributed by atoms with Crippen LogP contribution in [0.3, 0.4) is 0 Å². The minimum absolute atomic E-state index is 0.554. The molecule has 0 spiro atoms. The van der Waals surface area contributed by atoms with E-state index < -0.39 is 0 Å². The lowest BCUT2D eigenvalue weighted by Gasteiger charge is -2.05. The predicted octanol–water partition coefficient (Wildman–Crippen LogP) is 4.89. The smallest absolute Gasteiger partial charge is 0.207 e. The van der Waals surface area contributed by atoms with E-state index in [4.69, 9.17) is 0 Å². The molecule has 178 valence electrons. The number of H-pyrrole nitrogens is 1. The Kier molecular flexibility index (Phi) is 12.6. The van der Waals surface area contributed by atoms with Gasteiger partial charge in [-0.1, -0.05) is 69.3 Å². The van der Waals surface area contributed by atoms with Crippen LogP contribution in [0.2, 0.25) is 0 Å². The Bertz CT molecular complexity index is 891. The molecule has 6 nitrogen and oxygen atoms in total. The summed E-state index contributed by atoms with van der Waals surface area (Å²) in [6.07, 6.45) is 6.49. The average Bonchev–Trinajstić information content (AvgIpc) is 3.61. The van der Waals surface area contributed by atoms with Crippen LogP contribution < -0.4 is 16.0 Å². The van der Waals surface area contributed by atoms with Crippen molar-refractivity contribution in [3.05, 3.63) is 66.1 Å². The van der Waals surface area contributed by atoms with E-state index in [0.29, 0.717) is 13.0 Å². The van der Waals surface area contributed by atoms with Crippen LogP contribution in [0, 0.1) is 0 Å². The lowest BCUT2D eigenvalue weighted by molar-refractivity contribution is -0.109. The molecule has 3 aromatic rings. The number of rotatable bonds is 9. The summed E-state index contributed by atoms with van der Waals surface area (Å²) in [5.41, 5.74) is 5.54. The van der Waals surface area contributed by atoms with E-state index in [2.05, 4.69) is 69.2 Å². The summed E-state index contributed by atoms with van der Waals surface area (Å²) in [6.45, 7) is 11.0. The van der Waals surface area contributed by atoms with Gasteiger partial charge in [0, 0.05) is 6.54 Å². The Morgan fingerprint density at radius 3 is 2.06 bits per heavy atom. The number of amides is 1. The molecular formula is C27H39N5O. The van der Waals surface area contributed by atoms with E-state index in [1.807, 2.05) is 32.2 Å². The number of hydrogen-bond acceptors (Lipinski definition) is 4. The molecule has 4 rings (SSSR count). The third kappa shape index (κ3) is 9.20. The van der Waals surface area contributed by atoms with Crippen LogP contribution in [0.25, 0.3) is 22.4 Å². The highest BCUT2D eigenvalue weighted by atomic mass is 16.1. The molecule has 1 aliphatic heterocycles. The molecule has 1 fully saturated rings. The molecule has 1 aromatic heterocycles. The molecule has 2 heterocycles. The number of imidazole rings is 1. The molecule has 0 radical (unpaired) electrons. The zero-order valence-corrected chi connectivity index (χ0v) is 20.3.